The molecule has 8 heteroatoms. The molecule has 2 aliphatic rings. The molecule has 0 aliphatic carbocycles. The molecular formula is C24H26ClN5O2. The van der Waals surface area contributed by atoms with Gasteiger partial charge >= 0.3 is 0 Å². The van der Waals surface area contributed by atoms with Crippen molar-refractivity contribution in [1.29, 1.82) is 0 Å². The van der Waals surface area contributed by atoms with E-state index in [2.05, 4.69) is 20.2 Å². The number of ether oxygens (including phenoxy) is 1. The molecule has 7 nitrogen and oxygen atoms in total. The van der Waals surface area contributed by atoms with E-state index in [1.54, 1.807) is 0 Å². The number of nitrogens with one attached hydrogen (secondary N) is 1. The Hall–Kier alpha value is -2.90. The lowest BCUT2D eigenvalue weighted by Crippen LogP contribution is -2.41. The van der Waals surface area contributed by atoms with Crippen molar-refractivity contribution in [2.24, 2.45) is 0 Å². The summed E-state index contributed by atoms with van der Waals surface area (Å²) in [5.41, 5.74) is 2.36. The van der Waals surface area contributed by atoms with Gasteiger partial charge in [0.25, 0.3) is 5.91 Å². The molecule has 0 saturated carbocycles. The standard InChI is InChI=1S/C24H26ClN5O2/c25-17-6-4-7-18(12-17)28-24-19-13-21-22(14-20(19)26-16-27-24)32-15-23(31)30(21)11-5-10-29-8-2-1-3-9-29/h4,6-7,12-14,16H,1-3,5,8-11,15H2,(H,26,27,28). The average Bonchev–Trinajstić information content (AvgIpc) is 2.80. The summed E-state index contributed by atoms with van der Waals surface area (Å²) in [6.07, 6.45) is 6.32. The fourth-order valence-corrected chi connectivity index (χ4v) is 4.62. The lowest BCUT2D eigenvalue weighted by molar-refractivity contribution is -0.121. The molecule has 0 atom stereocenters. The Balaban J connectivity index is 1.41. The van der Waals surface area contributed by atoms with Gasteiger partial charge in [-0.3, -0.25) is 4.79 Å². The molecule has 1 N–H and O–H groups in total. The molecule has 32 heavy (non-hydrogen) atoms. The summed E-state index contributed by atoms with van der Waals surface area (Å²) >= 11 is 6.13. The number of hydrogen-bond donors (Lipinski definition) is 1. The van der Waals surface area contributed by atoms with Crippen LogP contribution in [0.4, 0.5) is 17.2 Å². The molecule has 0 spiro atoms. The molecule has 3 heterocycles. The van der Waals surface area contributed by atoms with Crippen molar-refractivity contribution in [2.45, 2.75) is 25.7 Å². The second-order valence-corrected chi connectivity index (χ2v) is 8.72. The summed E-state index contributed by atoms with van der Waals surface area (Å²) in [6, 6.07) is 11.3. The van der Waals surface area contributed by atoms with Gasteiger partial charge < -0.3 is 19.9 Å². The first-order valence-electron chi connectivity index (χ1n) is 11.1. The largest absolute Gasteiger partial charge is 0.481 e. The van der Waals surface area contributed by atoms with E-state index in [1.165, 1.54) is 25.6 Å². The van der Waals surface area contributed by atoms with Crippen LogP contribution in [0.1, 0.15) is 25.7 Å². The highest BCUT2D eigenvalue weighted by atomic mass is 35.5. The Bertz CT molecular complexity index is 1130. The van der Waals surface area contributed by atoms with E-state index in [1.807, 2.05) is 41.3 Å². The van der Waals surface area contributed by atoms with Crippen LogP contribution in [0.15, 0.2) is 42.7 Å². The van der Waals surface area contributed by atoms with Gasteiger partial charge in [0.05, 0.1) is 11.2 Å². The highest BCUT2D eigenvalue weighted by Crippen LogP contribution is 2.38. The van der Waals surface area contributed by atoms with E-state index in [4.69, 9.17) is 16.3 Å². The molecule has 5 rings (SSSR count). The maximum absolute atomic E-state index is 12.7. The van der Waals surface area contributed by atoms with Crippen LogP contribution in [0.5, 0.6) is 5.75 Å². The quantitative estimate of drug-likeness (QED) is 0.589. The third-order valence-corrected chi connectivity index (χ3v) is 6.29. The number of likely N-dealkylation sites (tertiary alicyclic amines) is 1. The van der Waals surface area contributed by atoms with Gasteiger partial charge in [-0.05, 0) is 63.2 Å². The molecule has 1 fully saturated rings. The Morgan fingerprint density at radius 2 is 1.94 bits per heavy atom. The molecule has 1 aromatic heterocycles. The van der Waals surface area contributed by atoms with Crippen molar-refractivity contribution in [1.82, 2.24) is 14.9 Å². The smallest absolute Gasteiger partial charge is 0.265 e. The van der Waals surface area contributed by atoms with E-state index >= 15 is 0 Å². The van der Waals surface area contributed by atoms with Crippen molar-refractivity contribution < 1.29 is 9.53 Å². The number of carbonyl (C=O) groups is 1. The van der Waals surface area contributed by atoms with E-state index in [9.17, 15) is 4.79 Å². The Morgan fingerprint density at radius 3 is 2.78 bits per heavy atom. The van der Waals surface area contributed by atoms with Crippen molar-refractivity contribution in [3.8, 4) is 5.75 Å². The number of fused-ring (bicyclic) bond motifs is 2. The minimum absolute atomic E-state index is 0.0169. The molecular weight excluding hydrogens is 426 g/mol. The summed E-state index contributed by atoms with van der Waals surface area (Å²) in [4.78, 5) is 25.9. The predicted molar refractivity (Wildman–Crippen MR) is 127 cm³/mol. The molecule has 0 radical (unpaired) electrons. The Labute approximate surface area is 192 Å². The second-order valence-electron chi connectivity index (χ2n) is 8.28. The predicted octanol–water partition coefficient (Wildman–Crippen LogP) is 4.63. The minimum atomic E-state index is -0.0169. The van der Waals surface area contributed by atoms with Gasteiger partial charge in [0.2, 0.25) is 0 Å². The van der Waals surface area contributed by atoms with Gasteiger partial charge in [0, 0.05) is 28.7 Å². The Morgan fingerprint density at radius 1 is 1.06 bits per heavy atom. The van der Waals surface area contributed by atoms with Crippen LogP contribution in [0.2, 0.25) is 5.02 Å². The minimum Gasteiger partial charge on any atom is -0.481 e. The van der Waals surface area contributed by atoms with Crippen molar-refractivity contribution in [3.05, 3.63) is 47.7 Å². The summed E-state index contributed by atoms with van der Waals surface area (Å²) in [5.74, 6) is 1.32. The fourth-order valence-electron chi connectivity index (χ4n) is 4.43. The van der Waals surface area contributed by atoms with Crippen LogP contribution in [0, 0.1) is 0 Å². The number of carbonyl (C=O) groups excluding carboxylic acids is 1. The fraction of sp³-hybridized carbons (Fsp3) is 0.375. The highest BCUT2D eigenvalue weighted by Gasteiger charge is 2.27. The van der Waals surface area contributed by atoms with Gasteiger partial charge in [0.15, 0.2) is 6.61 Å². The van der Waals surface area contributed by atoms with Gasteiger partial charge in [-0.2, -0.15) is 0 Å². The number of halogens is 1. The summed E-state index contributed by atoms with van der Waals surface area (Å²) < 4.78 is 5.74. The summed E-state index contributed by atoms with van der Waals surface area (Å²) in [5, 5.41) is 4.79. The van der Waals surface area contributed by atoms with Crippen LogP contribution in [-0.4, -0.2) is 53.6 Å². The first kappa shape index (κ1) is 21.0. The third-order valence-electron chi connectivity index (χ3n) is 6.05. The van der Waals surface area contributed by atoms with Crippen LogP contribution in [0.3, 0.4) is 0 Å². The lowest BCUT2D eigenvalue weighted by atomic mass is 10.1. The lowest BCUT2D eigenvalue weighted by Gasteiger charge is -2.31. The summed E-state index contributed by atoms with van der Waals surface area (Å²) in [6.45, 7) is 4.06. The SMILES string of the molecule is O=C1COc2cc3ncnc(Nc4cccc(Cl)c4)c3cc2N1CCCN1CCCCC1. The number of hydrogen-bond acceptors (Lipinski definition) is 6. The van der Waals surface area contributed by atoms with E-state index < -0.39 is 0 Å². The molecule has 0 unspecified atom stereocenters. The number of nitrogens with zero attached hydrogens (tertiary/aromatic N) is 4. The zero-order valence-electron chi connectivity index (χ0n) is 17.9. The van der Waals surface area contributed by atoms with E-state index in [0.717, 1.165) is 48.3 Å². The number of benzene rings is 2. The van der Waals surface area contributed by atoms with Gasteiger partial charge in [-0.1, -0.05) is 24.1 Å². The third kappa shape index (κ3) is 4.49. The molecule has 2 aliphatic heterocycles. The topological polar surface area (TPSA) is 70.6 Å². The first-order valence-corrected chi connectivity index (χ1v) is 11.5. The molecule has 1 amide bonds. The normalized spacial score (nSPS) is 16.7. The number of piperidine rings is 1. The zero-order valence-corrected chi connectivity index (χ0v) is 18.6. The maximum Gasteiger partial charge on any atom is 0.265 e. The molecule has 0 bridgehead atoms. The van der Waals surface area contributed by atoms with E-state index in [0.29, 0.717) is 23.1 Å². The maximum atomic E-state index is 12.7. The molecule has 1 saturated heterocycles. The van der Waals surface area contributed by atoms with Crippen LogP contribution in [-0.2, 0) is 4.79 Å². The molecule has 166 valence electrons. The van der Waals surface area contributed by atoms with Gasteiger partial charge in [-0.25, -0.2) is 9.97 Å². The van der Waals surface area contributed by atoms with Crippen molar-refractivity contribution in [2.75, 3.05) is 43.0 Å². The van der Waals surface area contributed by atoms with Crippen LogP contribution in [0.25, 0.3) is 10.9 Å². The number of amides is 1. The molecule has 2 aromatic carbocycles. The summed E-state index contributed by atoms with van der Waals surface area (Å²) in [7, 11) is 0. The van der Waals surface area contributed by atoms with Crippen LogP contribution < -0.4 is 15.0 Å². The van der Waals surface area contributed by atoms with Crippen LogP contribution >= 0.6 is 11.6 Å². The number of rotatable bonds is 6. The van der Waals surface area contributed by atoms with Crippen molar-refractivity contribution >= 4 is 45.6 Å². The van der Waals surface area contributed by atoms with E-state index in [-0.39, 0.29) is 12.5 Å². The number of anilines is 3. The Kier molecular flexibility index (Phi) is 6.10. The van der Waals surface area contributed by atoms with Crippen molar-refractivity contribution in [3.63, 3.8) is 0 Å². The second kappa shape index (κ2) is 9.30. The monoisotopic (exact) mass is 451 g/mol. The number of aromatic nitrogens is 2. The highest BCUT2D eigenvalue weighted by molar-refractivity contribution is 6.30. The molecule has 3 aromatic rings. The average molecular weight is 452 g/mol. The van der Waals surface area contributed by atoms with Gasteiger partial charge in [0.1, 0.15) is 17.9 Å². The van der Waals surface area contributed by atoms with Gasteiger partial charge in [-0.15, -0.1) is 0 Å². The zero-order chi connectivity index (χ0) is 21.9. The first-order chi connectivity index (χ1) is 15.7.